The molecular weight excluding hydrogens is 124 g/mol. The SMILES string of the molecule is CC.CCNCC.CNC. The molecule has 0 unspecified atom stereocenters. The van der Waals surface area contributed by atoms with Crippen molar-refractivity contribution in [1.29, 1.82) is 0 Å². The molecule has 2 nitrogen and oxygen atoms in total. The second-order valence-electron chi connectivity index (χ2n) is 1.46. The van der Waals surface area contributed by atoms with Gasteiger partial charge in [0.25, 0.3) is 0 Å². The summed E-state index contributed by atoms with van der Waals surface area (Å²) in [6.45, 7) is 10.4. The minimum Gasteiger partial charge on any atom is -0.323 e. The van der Waals surface area contributed by atoms with Gasteiger partial charge in [0.15, 0.2) is 0 Å². The molecule has 0 rings (SSSR count). The van der Waals surface area contributed by atoms with Crippen LogP contribution in [0.5, 0.6) is 0 Å². The molecule has 10 heavy (non-hydrogen) atoms. The van der Waals surface area contributed by atoms with E-state index in [2.05, 4.69) is 24.5 Å². The first-order chi connectivity index (χ1) is 4.83. The standard InChI is InChI=1S/C4H11N.C2H7N.C2H6/c1-3-5-4-2;1-3-2;1-2/h5H,3-4H2,1-2H3;3H,1-2H3;1-2H3. The Balaban J connectivity index is -0.0000000847. The van der Waals surface area contributed by atoms with Gasteiger partial charge in [0, 0.05) is 0 Å². The van der Waals surface area contributed by atoms with Gasteiger partial charge in [-0.3, -0.25) is 0 Å². The van der Waals surface area contributed by atoms with Crippen molar-refractivity contribution >= 4 is 0 Å². The zero-order chi connectivity index (χ0) is 8.83. The van der Waals surface area contributed by atoms with Gasteiger partial charge in [0.05, 0.1) is 0 Å². The van der Waals surface area contributed by atoms with Crippen LogP contribution in [-0.4, -0.2) is 27.2 Å². The molecule has 66 valence electrons. The van der Waals surface area contributed by atoms with E-state index in [0.717, 1.165) is 13.1 Å². The van der Waals surface area contributed by atoms with Crippen molar-refractivity contribution in [3.8, 4) is 0 Å². The first-order valence-corrected chi connectivity index (χ1v) is 4.12. The molecule has 0 aromatic heterocycles. The molecule has 0 amide bonds. The Morgan fingerprint density at radius 2 is 1.10 bits per heavy atom. The summed E-state index contributed by atoms with van der Waals surface area (Å²) in [5.74, 6) is 0. The highest BCUT2D eigenvalue weighted by Gasteiger charge is 1.62. The van der Waals surface area contributed by atoms with Crippen LogP contribution in [-0.2, 0) is 0 Å². The van der Waals surface area contributed by atoms with Crippen LogP contribution < -0.4 is 10.6 Å². The van der Waals surface area contributed by atoms with Crippen molar-refractivity contribution < 1.29 is 0 Å². The zero-order valence-electron chi connectivity index (χ0n) is 8.41. The predicted molar refractivity (Wildman–Crippen MR) is 50.5 cm³/mol. The van der Waals surface area contributed by atoms with Gasteiger partial charge >= 0.3 is 0 Å². The van der Waals surface area contributed by atoms with Crippen LogP contribution in [0.25, 0.3) is 0 Å². The van der Waals surface area contributed by atoms with Gasteiger partial charge in [0.1, 0.15) is 0 Å². The molecule has 0 radical (unpaired) electrons. The first kappa shape index (κ1) is 16.5. The van der Waals surface area contributed by atoms with E-state index in [-0.39, 0.29) is 0 Å². The van der Waals surface area contributed by atoms with Gasteiger partial charge in [0.2, 0.25) is 0 Å². The highest BCUT2D eigenvalue weighted by atomic mass is 14.8. The van der Waals surface area contributed by atoms with Gasteiger partial charge in [-0.05, 0) is 27.2 Å². The number of hydrogen-bond donors (Lipinski definition) is 2. The fraction of sp³-hybridized carbons (Fsp3) is 1.00. The second kappa shape index (κ2) is 36.4. The Labute approximate surface area is 66.4 Å². The van der Waals surface area contributed by atoms with Crippen LogP contribution in [0.3, 0.4) is 0 Å². The second-order valence-corrected chi connectivity index (χ2v) is 1.46. The topological polar surface area (TPSA) is 24.1 Å². The Kier molecular flexibility index (Phi) is 60.0. The lowest BCUT2D eigenvalue weighted by Crippen LogP contribution is -2.09. The average molecular weight is 148 g/mol. The average Bonchev–Trinajstić information content (AvgIpc) is 1.96. The van der Waals surface area contributed by atoms with E-state index in [0.29, 0.717) is 0 Å². The van der Waals surface area contributed by atoms with Crippen molar-refractivity contribution in [3.63, 3.8) is 0 Å². The Morgan fingerprint density at radius 1 is 0.900 bits per heavy atom. The van der Waals surface area contributed by atoms with E-state index in [1.165, 1.54) is 0 Å². The van der Waals surface area contributed by atoms with Crippen molar-refractivity contribution in [1.82, 2.24) is 10.6 Å². The molecule has 0 bridgehead atoms. The molecule has 0 aromatic carbocycles. The minimum atomic E-state index is 1.09. The number of hydrogen-bond acceptors (Lipinski definition) is 2. The van der Waals surface area contributed by atoms with Crippen molar-refractivity contribution in [2.45, 2.75) is 27.7 Å². The van der Waals surface area contributed by atoms with Crippen molar-refractivity contribution in [2.24, 2.45) is 0 Å². The lowest BCUT2D eigenvalue weighted by molar-refractivity contribution is 0.762. The largest absolute Gasteiger partial charge is 0.323 e. The molecule has 0 heterocycles. The number of nitrogens with one attached hydrogen (secondary N) is 2. The molecule has 0 spiro atoms. The van der Waals surface area contributed by atoms with Gasteiger partial charge in [-0.25, -0.2) is 0 Å². The first-order valence-electron chi connectivity index (χ1n) is 4.12. The third kappa shape index (κ3) is 103. The van der Waals surface area contributed by atoms with Crippen LogP contribution >= 0.6 is 0 Å². The minimum absolute atomic E-state index is 1.09. The van der Waals surface area contributed by atoms with E-state index < -0.39 is 0 Å². The quantitative estimate of drug-likeness (QED) is 0.620. The maximum Gasteiger partial charge on any atom is -0.00775 e. The van der Waals surface area contributed by atoms with Crippen LogP contribution in [0.15, 0.2) is 0 Å². The van der Waals surface area contributed by atoms with Gasteiger partial charge in [-0.1, -0.05) is 27.7 Å². The summed E-state index contributed by atoms with van der Waals surface area (Å²) in [6, 6.07) is 0. The summed E-state index contributed by atoms with van der Waals surface area (Å²) in [4.78, 5) is 0. The monoisotopic (exact) mass is 148 g/mol. The summed E-state index contributed by atoms with van der Waals surface area (Å²) >= 11 is 0. The Morgan fingerprint density at radius 3 is 1.10 bits per heavy atom. The molecular formula is C8H24N2. The lowest BCUT2D eigenvalue weighted by atomic mass is 10.7. The molecule has 0 aromatic rings. The fourth-order valence-electron chi connectivity index (χ4n) is 0.250. The van der Waals surface area contributed by atoms with Gasteiger partial charge in [-0.15, -0.1) is 0 Å². The van der Waals surface area contributed by atoms with Crippen LogP contribution in [0, 0.1) is 0 Å². The summed E-state index contributed by atoms with van der Waals surface area (Å²) < 4.78 is 0. The summed E-state index contributed by atoms with van der Waals surface area (Å²) in [5.41, 5.74) is 0. The van der Waals surface area contributed by atoms with E-state index >= 15 is 0 Å². The predicted octanol–water partition coefficient (Wildman–Crippen LogP) is 1.48. The van der Waals surface area contributed by atoms with Crippen LogP contribution in [0.2, 0.25) is 0 Å². The molecule has 0 saturated carbocycles. The third-order valence-corrected chi connectivity index (χ3v) is 0.500. The molecule has 0 aliphatic rings. The van der Waals surface area contributed by atoms with Gasteiger partial charge < -0.3 is 10.6 Å². The highest BCUT2D eigenvalue weighted by molar-refractivity contribution is 4.27. The smallest absolute Gasteiger partial charge is 0.00775 e. The molecule has 2 N–H and O–H groups in total. The maximum absolute atomic E-state index is 3.11. The summed E-state index contributed by atoms with van der Waals surface area (Å²) in [6.07, 6.45) is 0. The number of rotatable bonds is 2. The fourth-order valence-corrected chi connectivity index (χ4v) is 0.250. The van der Waals surface area contributed by atoms with Gasteiger partial charge in [-0.2, -0.15) is 0 Å². The highest BCUT2D eigenvalue weighted by Crippen LogP contribution is 1.47. The summed E-state index contributed by atoms with van der Waals surface area (Å²) in [7, 11) is 3.75. The lowest BCUT2D eigenvalue weighted by Gasteiger charge is -1.86. The van der Waals surface area contributed by atoms with Crippen molar-refractivity contribution in [3.05, 3.63) is 0 Å². The molecule has 0 saturated heterocycles. The van der Waals surface area contributed by atoms with E-state index in [1.54, 1.807) is 0 Å². The van der Waals surface area contributed by atoms with Crippen molar-refractivity contribution in [2.75, 3.05) is 27.2 Å². The van der Waals surface area contributed by atoms with Crippen LogP contribution in [0.1, 0.15) is 27.7 Å². The third-order valence-electron chi connectivity index (χ3n) is 0.500. The van der Waals surface area contributed by atoms with E-state index in [9.17, 15) is 0 Å². The Bertz CT molecular complexity index is 21.2. The normalized spacial score (nSPS) is 6.60. The molecule has 0 aliphatic heterocycles. The molecule has 0 fully saturated rings. The molecule has 0 atom stereocenters. The van der Waals surface area contributed by atoms with E-state index in [4.69, 9.17) is 0 Å². The maximum atomic E-state index is 3.11. The van der Waals surface area contributed by atoms with E-state index in [1.807, 2.05) is 27.9 Å². The molecule has 2 heteroatoms. The van der Waals surface area contributed by atoms with Crippen LogP contribution in [0.4, 0.5) is 0 Å². The Hall–Kier alpha value is -0.0800. The summed E-state index contributed by atoms with van der Waals surface area (Å²) in [5, 5.41) is 5.86. The molecule has 0 aliphatic carbocycles. The zero-order valence-corrected chi connectivity index (χ0v) is 8.41.